The van der Waals surface area contributed by atoms with Crippen molar-refractivity contribution in [2.45, 2.75) is 18.3 Å². The number of hydrogen-bond donors (Lipinski definition) is 3. The van der Waals surface area contributed by atoms with Crippen LogP contribution >= 0.6 is 24.4 Å². The summed E-state index contributed by atoms with van der Waals surface area (Å²) in [6.07, 6.45) is 0. The maximum absolute atomic E-state index is 12.7. The van der Waals surface area contributed by atoms with Gasteiger partial charge in [0.05, 0.1) is 0 Å². The Balaban J connectivity index is 2.43. The number of hydrogen-bond acceptors (Lipinski definition) is 6. The van der Waals surface area contributed by atoms with Gasteiger partial charge in [0.15, 0.2) is 0 Å². The number of amides is 1. The predicted molar refractivity (Wildman–Crippen MR) is 89.6 cm³/mol. The summed E-state index contributed by atoms with van der Waals surface area (Å²) in [4.78, 5) is 37.1. The van der Waals surface area contributed by atoms with E-state index in [1.807, 2.05) is 0 Å². The van der Waals surface area contributed by atoms with Crippen molar-refractivity contribution in [3.63, 3.8) is 0 Å². The molecule has 1 saturated heterocycles. The predicted octanol–water partition coefficient (Wildman–Crippen LogP) is 1.55. The van der Waals surface area contributed by atoms with Gasteiger partial charge in [-0.1, -0.05) is 18.2 Å². The number of thiol groups is 1. The number of aromatic hydroxyl groups is 1. The molecule has 1 fully saturated rings. The molecule has 124 valence electrons. The van der Waals surface area contributed by atoms with Crippen LogP contribution in [0.15, 0.2) is 24.3 Å². The molecule has 1 heterocycles. The van der Waals surface area contributed by atoms with Crippen LogP contribution in [0, 0.1) is 5.92 Å². The lowest BCUT2D eigenvalue weighted by Crippen LogP contribution is -2.47. The van der Waals surface area contributed by atoms with Gasteiger partial charge in [-0.15, -0.1) is 11.8 Å². The molecule has 0 spiro atoms. The van der Waals surface area contributed by atoms with Crippen LogP contribution in [0.5, 0.6) is 5.75 Å². The standard InChI is InChI=1S/C15H17NO5S2/c1-8(17)10(6-22)13(19)16-11(15(20)21)7-23-14(16)9-4-2-3-5-12(9)18/h2-5,10-11,14,18,22H,6-7H2,1H3,(H,20,21)/t10-,11-,14+/m0/s1. The van der Waals surface area contributed by atoms with Gasteiger partial charge >= 0.3 is 5.97 Å². The van der Waals surface area contributed by atoms with E-state index in [0.29, 0.717) is 5.56 Å². The van der Waals surface area contributed by atoms with Gasteiger partial charge in [0.2, 0.25) is 5.91 Å². The number of phenols is 1. The van der Waals surface area contributed by atoms with Crippen molar-refractivity contribution < 1.29 is 24.6 Å². The van der Waals surface area contributed by atoms with E-state index in [1.165, 1.54) is 29.7 Å². The Hall–Kier alpha value is -1.67. The van der Waals surface area contributed by atoms with Gasteiger partial charge < -0.3 is 15.1 Å². The third-order valence-corrected chi connectivity index (χ3v) is 5.38. The van der Waals surface area contributed by atoms with E-state index in [9.17, 15) is 24.6 Å². The van der Waals surface area contributed by atoms with E-state index in [2.05, 4.69) is 12.6 Å². The van der Waals surface area contributed by atoms with E-state index < -0.39 is 29.2 Å². The minimum Gasteiger partial charge on any atom is -0.508 e. The summed E-state index contributed by atoms with van der Waals surface area (Å²) in [5.74, 6) is -2.87. The molecule has 8 heteroatoms. The monoisotopic (exact) mass is 355 g/mol. The summed E-state index contributed by atoms with van der Waals surface area (Å²) in [7, 11) is 0. The largest absolute Gasteiger partial charge is 0.508 e. The van der Waals surface area contributed by atoms with E-state index in [1.54, 1.807) is 18.2 Å². The van der Waals surface area contributed by atoms with Gasteiger partial charge in [-0.3, -0.25) is 9.59 Å². The number of nitrogens with zero attached hydrogens (tertiary/aromatic N) is 1. The van der Waals surface area contributed by atoms with Crippen LogP contribution in [0.1, 0.15) is 17.9 Å². The quantitative estimate of drug-likeness (QED) is 0.548. The van der Waals surface area contributed by atoms with Gasteiger partial charge in [-0.2, -0.15) is 12.6 Å². The summed E-state index contributed by atoms with van der Waals surface area (Å²) in [6.45, 7) is 1.28. The fourth-order valence-electron chi connectivity index (χ4n) is 2.46. The molecule has 0 unspecified atom stereocenters. The molecule has 0 saturated carbocycles. The molecular formula is C15H17NO5S2. The van der Waals surface area contributed by atoms with Crippen LogP contribution in [0.4, 0.5) is 0 Å². The van der Waals surface area contributed by atoms with Crippen molar-refractivity contribution in [2.75, 3.05) is 11.5 Å². The first kappa shape index (κ1) is 17.7. The summed E-state index contributed by atoms with van der Waals surface area (Å²) in [5.41, 5.74) is 0.455. The number of phenolic OH excluding ortho intramolecular Hbond substituents is 1. The Morgan fingerprint density at radius 2 is 2.04 bits per heavy atom. The molecular weight excluding hydrogens is 338 g/mol. The van der Waals surface area contributed by atoms with E-state index in [0.717, 1.165) is 0 Å². The highest BCUT2D eigenvalue weighted by Gasteiger charge is 2.45. The minimum absolute atomic E-state index is 0.00909. The van der Waals surface area contributed by atoms with Crippen LogP contribution in [0.3, 0.4) is 0 Å². The molecule has 23 heavy (non-hydrogen) atoms. The van der Waals surface area contributed by atoms with Crippen LogP contribution in [0.2, 0.25) is 0 Å². The number of ketones is 1. The van der Waals surface area contributed by atoms with E-state index >= 15 is 0 Å². The minimum atomic E-state index is -1.13. The average Bonchev–Trinajstić information content (AvgIpc) is 2.92. The van der Waals surface area contributed by atoms with Crippen LogP contribution in [-0.4, -0.2) is 50.3 Å². The lowest BCUT2D eigenvalue weighted by atomic mass is 10.0. The molecule has 1 aliphatic heterocycles. The SMILES string of the molecule is CC(=O)[C@H](CS)C(=O)N1[C@@H](c2ccccc2O)SC[C@H]1C(=O)O. The van der Waals surface area contributed by atoms with Crippen molar-refractivity contribution in [3.8, 4) is 5.75 Å². The summed E-state index contributed by atoms with van der Waals surface area (Å²) in [6, 6.07) is 5.42. The van der Waals surface area contributed by atoms with Crippen molar-refractivity contribution in [2.24, 2.45) is 5.92 Å². The number of para-hydroxylation sites is 1. The zero-order valence-corrected chi connectivity index (χ0v) is 14.1. The number of aliphatic carboxylic acids is 1. The Bertz CT molecular complexity index is 636. The first-order valence-corrected chi connectivity index (χ1v) is 8.62. The topological polar surface area (TPSA) is 94.9 Å². The molecule has 0 bridgehead atoms. The molecule has 1 aromatic rings. The summed E-state index contributed by atoms with van der Waals surface area (Å²) in [5, 5.41) is 18.8. The number of carbonyl (C=O) groups excluding carboxylic acids is 2. The number of rotatable bonds is 5. The molecule has 0 aromatic heterocycles. The lowest BCUT2D eigenvalue weighted by Gasteiger charge is -2.30. The molecule has 2 rings (SSSR count). The highest BCUT2D eigenvalue weighted by Crippen LogP contribution is 2.45. The number of carboxylic acid groups (broad SMARTS) is 1. The molecule has 1 aliphatic rings. The van der Waals surface area contributed by atoms with Crippen molar-refractivity contribution in [3.05, 3.63) is 29.8 Å². The van der Waals surface area contributed by atoms with E-state index in [4.69, 9.17) is 0 Å². The van der Waals surface area contributed by atoms with Gasteiger partial charge in [-0.05, 0) is 13.0 Å². The fraction of sp³-hybridized carbons (Fsp3) is 0.400. The Morgan fingerprint density at radius 1 is 1.39 bits per heavy atom. The average molecular weight is 355 g/mol. The van der Waals surface area contributed by atoms with Crippen LogP contribution in [0.25, 0.3) is 0 Å². The van der Waals surface area contributed by atoms with Crippen molar-refractivity contribution >= 4 is 42.1 Å². The smallest absolute Gasteiger partial charge is 0.327 e. The second kappa shape index (κ2) is 7.27. The van der Waals surface area contributed by atoms with Crippen LogP contribution in [-0.2, 0) is 14.4 Å². The number of carbonyl (C=O) groups is 3. The first-order valence-electron chi connectivity index (χ1n) is 6.94. The third kappa shape index (κ3) is 3.48. The third-order valence-electron chi connectivity index (χ3n) is 3.71. The normalized spacial score (nSPS) is 21.9. The maximum Gasteiger partial charge on any atom is 0.327 e. The molecule has 0 radical (unpaired) electrons. The lowest BCUT2D eigenvalue weighted by molar-refractivity contribution is -0.152. The van der Waals surface area contributed by atoms with Gasteiger partial charge in [0.25, 0.3) is 0 Å². The Labute approximate surface area is 143 Å². The van der Waals surface area contributed by atoms with Crippen molar-refractivity contribution in [1.29, 1.82) is 0 Å². The van der Waals surface area contributed by atoms with E-state index in [-0.39, 0.29) is 23.0 Å². The highest BCUT2D eigenvalue weighted by molar-refractivity contribution is 7.99. The Morgan fingerprint density at radius 3 is 2.57 bits per heavy atom. The fourth-order valence-corrected chi connectivity index (χ4v) is 4.33. The van der Waals surface area contributed by atoms with Gasteiger partial charge in [0, 0.05) is 17.1 Å². The second-order valence-corrected chi connectivity index (χ2v) is 6.67. The van der Waals surface area contributed by atoms with Crippen LogP contribution < -0.4 is 0 Å². The highest BCUT2D eigenvalue weighted by atomic mass is 32.2. The molecule has 3 atom stereocenters. The second-order valence-electron chi connectivity index (χ2n) is 5.19. The molecule has 2 N–H and O–H groups in total. The molecule has 0 aliphatic carbocycles. The van der Waals surface area contributed by atoms with Gasteiger partial charge in [-0.25, -0.2) is 4.79 Å². The molecule has 1 aromatic carbocycles. The molecule has 6 nitrogen and oxygen atoms in total. The Kier molecular flexibility index (Phi) is 5.59. The number of benzene rings is 1. The number of carboxylic acids is 1. The summed E-state index contributed by atoms with van der Waals surface area (Å²) >= 11 is 5.28. The maximum atomic E-state index is 12.7. The molecule has 1 amide bonds. The zero-order valence-electron chi connectivity index (χ0n) is 12.4. The number of Topliss-reactive ketones (excluding diaryl/α,β-unsaturated/α-hetero) is 1. The van der Waals surface area contributed by atoms with Gasteiger partial charge in [0.1, 0.15) is 28.9 Å². The zero-order chi connectivity index (χ0) is 17.1. The summed E-state index contributed by atoms with van der Waals surface area (Å²) < 4.78 is 0. The first-order chi connectivity index (χ1) is 10.9. The number of thioether (sulfide) groups is 1. The van der Waals surface area contributed by atoms with Crippen molar-refractivity contribution in [1.82, 2.24) is 4.90 Å².